The average Bonchev–Trinajstić information content (AvgIpc) is 2.62. The molecule has 0 unspecified atom stereocenters. The van der Waals surface area contributed by atoms with E-state index in [1.807, 2.05) is 0 Å². The molecule has 0 aromatic heterocycles. The van der Waals surface area contributed by atoms with Gasteiger partial charge in [-0.2, -0.15) is 0 Å². The van der Waals surface area contributed by atoms with E-state index in [2.05, 4.69) is 69.9 Å². The summed E-state index contributed by atoms with van der Waals surface area (Å²) in [5.41, 5.74) is 8.32. The summed E-state index contributed by atoms with van der Waals surface area (Å²) in [5, 5.41) is 1.54. The molecule has 0 spiro atoms. The summed E-state index contributed by atoms with van der Waals surface area (Å²) in [4.78, 5) is 0. The highest BCUT2D eigenvalue weighted by Crippen LogP contribution is 2.23. The maximum absolute atomic E-state index is 4.33. The van der Waals surface area contributed by atoms with E-state index in [1.54, 1.807) is 5.29 Å². The first-order valence-corrected chi connectivity index (χ1v) is 10.2. The minimum absolute atomic E-state index is 1.03. The first kappa shape index (κ1) is 17.2. The normalized spacial score (nSPS) is 14.0. The van der Waals surface area contributed by atoms with Crippen molar-refractivity contribution in [3.8, 4) is 0 Å². The summed E-state index contributed by atoms with van der Waals surface area (Å²) in [5.74, 6) is 0. The third kappa shape index (κ3) is 3.90. The monoisotopic (exact) mass is 331 g/mol. The molecule has 2 aromatic rings. The molecule has 0 bridgehead atoms. The van der Waals surface area contributed by atoms with E-state index in [-0.39, 0.29) is 0 Å². The van der Waals surface area contributed by atoms with Crippen LogP contribution in [0.15, 0.2) is 49.0 Å². The van der Waals surface area contributed by atoms with Crippen LogP contribution in [0.2, 0.25) is 6.32 Å². The molecule has 1 aliphatic heterocycles. The van der Waals surface area contributed by atoms with Gasteiger partial charge in [0.15, 0.2) is 7.28 Å². The maximum atomic E-state index is 4.33. The molecular weight excluding hydrogens is 306 g/mol. The van der Waals surface area contributed by atoms with Gasteiger partial charge < -0.3 is 0 Å². The molecule has 0 saturated heterocycles. The van der Waals surface area contributed by atoms with Crippen molar-refractivity contribution in [2.24, 2.45) is 0 Å². The smallest absolute Gasteiger partial charge is 0.104 e. The lowest BCUT2D eigenvalue weighted by Gasteiger charge is -2.20. The second kappa shape index (κ2) is 7.99. The van der Waals surface area contributed by atoms with E-state index >= 15 is 0 Å². The van der Waals surface area contributed by atoms with Crippen molar-refractivity contribution in [2.45, 2.75) is 38.9 Å². The van der Waals surface area contributed by atoms with Gasteiger partial charge in [0.05, 0.1) is 0 Å². The van der Waals surface area contributed by atoms with E-state index in [0.717, 1.165) is 12.8 Å². The van der Waals surface area contributed by atoms with Gasteiger partial charge in [-0.1, -0.05) is 78.4 Å². The predicted octanol–water partition coefficient (Wildman–Crippen LogP) is 5.28. The quantitative estimate of drug-likeness (QED) is 0.517. The molecular formula is C22H25BP. The van der Waals surface area contributed by atoms with Crippen molar-refractivity contribution in [1.82, 2.24) is 0 Å². The molecule has 0 saturated carbocycles. The van der Waals surface area contributed by atoms with Gasteiger partial charge in [-0.05, 0) is 54.8 Å². The van der Waals surface area contributed by atoms with Crippen LogP contribution in [-0.2, 0) is 6.42 Å². The van der Waals surface area contributed by atoms with Crippen LogP contribution in [0.5, 0.6) is 0 Å². The van der Waals surface area contributed by atoms with Crippen molar-refractivity contribution < 1.29 is 0 Å². The molecule has 2 heteroatoms. The average molecular weight is 331 g/mol. The lowest BCUT2D eigenvalue weighted by Crippen LogP contribution is -2.29. The molecule has 2 aromatic carbocycles. The van der Waals surface area contributed by atoms with Gasteiger partial charge in [-0.15, -0.1) is 8.20 Å². The Kier molecular flexibility index (Phi) is 5.74. The second-order valence-corrected chi connectivity index (χ2v) is 7.61. The second-order valence-electron chi connectivity index (χ2n) is 6.62. The maximum Gasteiger partial charge on any atom is 0.152 e. The third-order valence-corrected chi connectivity index (χ3v) is 5.87. The van der Waals surface area contributed by atoms with Crippen molar-refractivity contribution in [3.05, 3.63) is 71.3 Å². The Bertz CT molecular complexity index is 773. The number of aryl methyl sites for hydroxylation is 2. The fourth-order valence-corrected chi connectivity index (χ4v) is 4.28. The molecule has 3 rings (SSSR count). The standard InChI is InChI=1S/C22H25BP/c1-16-7-4-9-19(15-16)17(2)12-13-21(24-3)20-11-5-8-18-10-6-14-23-22(18)20/h4-5,7-9,11,15H,2,6,10,12-14H2,1,3H3. The van der Waals surface area contributed by atoms with Gasteiger partial charge in [0.1, 0.15) is 0 Å². The number of benzene rings is 2. The van der Waals surface area contributed by atoms with Gasteiger partial charge in [0.25, 0.3) is 0 Å². The van der Waals surface area contributed by atoms with Crippen molar-refractivity contribution in [3.63, 3.8) is 0 Å². The van der Waals surface area contributed by atoms with Gasteiger partial charge in [-0.25, -0.2) is 0 Å². The van der Waals surface area contributed by atoms with Crippen molar-refractivity contribution >= 4 is 31.8 Å². The molecule has 1 aliphatic rings. The van der Waals surface area contributed by atoms with Crippen LogP contribution in [-0.4, -0.2) is 19.2 Å². The Morgan fingerprint density at radius 2 is 2.00 bits per heavy atom. The Hall–Kier alpha value is -1.59. The van der Waals surface area contributed by atoms with Crippen LogP contribution >= 0.6 is 8.20 Å². The molecule has 0 fully saturated rings. The molecule has 1 radical (unpaired) electrons. The Morgan fingerprint density at radius 3 is 2.79 bits per heavy atom. The van der Waals surface area contributed by atoms with E-state index in [0.29, 0.717) is 0 Å². The van der Waals surface area contributed by atoms with E-state index < -0.39 is 0 Å². The fourth-order valence-electron chi connectivity index (χ4n) is 3.51. The van der Waals surface area contributed by atoms with E-state index in [9.17, 15) is 0 Å². The van der Waals surface area contributed by atoms with Gasteiger partial charge in [0.2, 0.25) is 0 Å². The van der Waals surface area contributed by atoms with E-state index in [1.165, 1.54) is 60.7 Å². The lowest BCUT2D eigenvalue weighted by atomic mass is 9.58. The SMILES string of the molecule is C=C(CCC(=PC)c1cccc2c1[B]CCC2)c1cccc(C)c1. The minimum atomic E-state index is 1.03. The predicted molar refractivity (Wildman–Crippen MR) is 111 cm³/mol. The molecule has 121 valence electrons. The molecule has 0 aliphatic carbocycles. The molecule has 1 heterocycles. The van der Waals surface area contributed by atoms with Crippen LogP contribution in [0.3, 0.4) is 0 Å². The van der Waals surface area contributed by atoms with Gasteiger partial charge in [-0.3, -0.25) is 0 Å². The fraction of sp³-hybridized carbons (Fsp3) is 0.318. The third-order valence-electron chi connectivity index (χ3n) is 4.87. The summed E-state index contributed by atoms with van der Waals surface area (Å²) < 4.78 is 0. The highest BCUT2D eigenvalue weighted by atomic mass is 31.1. The number of allylic oxidation sites excluding steroid dienone is 1. The zero-order valence-corrected chi connectivity index (χ0v) is 15.7. The summed E-state index contributed by atoms with van der Waals surface area (Å²) >= 11 is 0. The Morgan fingerprint density at radius 1 is 1.17 bits per heavy atom. The molecule has 24 heavy (non-hydrogen) atoms. The highest BCUT2D eigenvalue weighted by molar-refractivity contribution is 7.40. The first-order chi connectivity index (χ1) is 11.7. The lowest BCUT2D eigenvalue weighted by molar-refractivity contribution is 0.906. The number of hydrogen-bond acceptors (Lipinski definition) is 0. The van der Waals surface area contributed by atoms with Crippen LogP contribution in [0.1, 0.15) is 41.5 Å². The van der Waals surface area contributed by atoms with E-state index in [4.69, 9.17) is 0 Å². The van der Waals surface area contributed by atoms with Crippen LogP contribution < -0.4 is 5.46 Å². The number of rotatable bonds is 5. The largest absolute Gasteiger partial charge is 0.152 e. The van der Waals surface area contributed by atoms with Crippen molar-refractivity contribution in [1.29, 1.82) is 0 Å². The molecule has 0 atom stereocenters. The van der Waals surface area contributed by atoms with Crippen molar-refractivity contribution in [2.75, 3.05) is 6.66 Å². The minimum Gasteiger partial charge on any atom is -0.104 e. The first-order valence-electron chi connectivity index (χ1n) is 8.85. The van der Waals surface area contributed by atoms with Gasteiger partial charge >= 0.3 is 0 Å². The zero-order valence-electron chi connectivity index (χ0n) is 14.8. The summed E-state index contributed by atoms with van der Waals surface area (Å²) in [6.45, 7) is 8.73. The zero-order chi connectivity index (χ0) is 16.9. The molecule has 0 amide bonds. The number of fused-ring (bicyclic) bond motifs is 1. The number of hydrogen-bond donors (Lipinski definition) is 0. The Labute approximate surface area is 149 Å². The van der Waals surface area contributed by atoms with Crippen LogP contribution in [0, 0.1) is 6.92 Å². The molecule has 0 N–H and O–H groups in total. The highest BCUT2D eigenvalue weighted by Gasteiger charge is 2.16. The topological polar surface area (TPSA) is 0 Å². The summed E-state index contributed by atoms with van der Waals surface area (Å²) in [6, 6.07) is 15.5. The molecule has 0 nitrogen and oxygen atoms in total. The summed E-state index contributed by atoms with van der Waals surface area (Å²) in [7, 11) is 3.81. The van der Waals surface area contributed by atoms with Crippen LogP contribution in [0.25, 0.3) is 5.57 Å². The Balaban J connectivity index is 1.75. The van der Waals surface area contributed by atoms with Crippen LogP contribution in [0.4, 0.5) is 0 Å². The van der Waals surface area contributed by atoms with Gasteiger partial charge in [0, 0.05) is 0 Å². The summed E-state index contributed by atoms with van der Waals surface area (Å²) in [6.07, 6.45) is 5.86.